The van der Waals surface area contributed by atoms with Crippen LogP contribution in [0.4, 0.5) is 0 Å². The monoisotopic (exact) mass is 294 g/mol. The van der Waals surface area contributed by atoms with Crippen molar-refractivity contribution < 1.29 is 14.2 Å². The molecule has 2 rings (SSSR count). The predicted octanol–water partition coefficient (Wildman–Crippen LogP) is 3.46. The van der Waals surface area contributed by atoms with Crippen LogP contribution < -0.4 is 0 Å². The van der Waals surface area contributed by atoms with Gasteiger partial charge in [-0.2, -0.15) is 0 Å². The van der Waals surface area contributed by atoms with Gasteiger partial charge in [0.05, 0.1) is 13.7 Å². The Bertz CT molecular complexity index is 447. The van der Waals surface area contributed by atoms with Gasteiger partial charge in [0.2, 0.25) is 0 Å². The Morgan fingerprint density at radius 1 is 1.40 bits per heavy atom. The van der Waals surface area contributed by atoms with E-state index in [2.05, 4.69) is 24.3 Å². The van der Waals surface area contributed by atoms with Gasteiger partial charge >= 0.3 is 0 Å². The minimum Gasteiger partial charge on any atom is -0.490 e. The minimum absolute atomic E-state index is 0.0709. The number of hydrogen-bond donors (Lipinski definition) is 0. The van der Waals surface area contributed by atoms with Crippen LogP contribution in [0.5, 0.6) is 0 Å². The summed E-state index contributed by atoms with van der Waals surface area (Å²) in [5, 5.41) is 0.668. The third-order valence-corrected chi connectivity index (χ3v) is 4.15. The lowest BCUT2D eigenvalue weighted by molar-refractivity contribution is -0.150. The SMILES string of the molecule is COC(=S)CCc1cccc(C2CCOC(OC)C2)c1. The highest BCUT2D eigenvalue weighted by Crippen LogP contribution is 2.30. The highest BCUT2D eigenvalue weighted by molar-refractivity contribution is 7.80. The molecule has 1 heterocycles. The molecule has 20 heavy (non-hydrogen) atoms. The Morgan fingerprint density at radius 2 is 2.25 bits per heavy atom. The van der Waals surface area contributed by atoms with Crippen molar-refractivity contribution in [2.24, 2.45) is 0 Å². The van der Waals surface area contributed by atoms with Gasteiger partial charge in [0.25, 0.3) is 0 Å². The summed E-state index contributed by atoms with van der Waals surface area (Å²) in [5.41, 5.74) is 2.68. The summed E-state index contributed by atoms with van der Waals surface area (Å²) in [6.45, 7) is 0.765. The standard InChI is InChI=1S/C16H22O3S/c1-17-15-11-14(8-9-19-15)13-5-3-4-12(10-13)6-7-16(20)18-2/h3-5,10,14-15H,6-9,11H2,1-2H3. The lowest BCUT2D eigenvalue weighted by Gasteiger charge is -2.29. The maximum Gasteiger partial charge on any atom is 0.159 e. The Balaban J connectivity index is 1.99. The lowest BCUT2D eigenvalue weighted by Crippen LogP contribution is -2.25. The second-order valence-electron chi connectivity index (χ2n) is 5.08. The van der Waals surface area contributed by atoms with Gasteiger partial charge in [0.15, 0.2) is 11.3 Å². The molecule has 1 fully saturated rings. The average molecular weight is 294 g/mol. The summed E-state index contributed by atoms with van der Waals surface area (Å²) in [6.07, 6.45) is 3.63. The molecule has 0 spiro atoms. The maximum atomic E-state index is 5.55. The van der Waals surface area contributed by atoms with Crippen molar-refractivity contribution >= 4 is 17.3 Å². The van der Waals surface area contributed by atoms with E-state index >= 15 is 0 Å². The average Bonchev–Trinajstić information content (AvgIpc) is 2.53. The zero-order valence-electron chi connectivity index (χ0n) is 12.1. The van der Waals surface area contributed by atoms with Crippen molar-refractivity contribution in [1.82, 2.24) is 0 Å². The van der Waals surface area contributed by atoms with Gasteiger partial charge in [-0.3, -0.25) is 0 Å². The molecule has 0 bridgehead atoms. The Hall–Kier alpha value is -0.970. The van der Waals surface area contributed by atoms with E-state index in [4.69, 9.17) is 26.4 Å². The van der Waals surface area contributed by atoms with Gasteiger partial charge in [0, 0.05) is 20.0 Å². The smallest absolute Gasteiger partial charge is 0.159 e. The molecule has 1 saturated heterocycles. The first-order valence-electron chi connectivity index (χ1n) is 7.03. The van der Waals surface area contributed by atoms with Crippen molar-refractivity contribution in [1.29, 1.82) is 0 Å². The topological polar surface area (TPSA) is 27.7 Å². The highest BCUT2D eigenvalue weighted by Gasteiger charge is 2.23. The minimum atomic E-state index is -0.0709. The zero-order valence-corrected chi connectivity index (χ0v) is 12.9. The van der Waals surface area contributed by atoms with Gasteiger partial charge in [-0.15, -0.1) is 0 Å². The van der Waals surface area contributed by atoms with Crippen LogP contribution in [0.25, 0.3) is 0 Å². The van der Waals surface area contributed by atoms with Crippen molar-refractivity contribution in [3.05, 3.63) is 35.4 Å². The molecule has 0 aliphatic carbocycles. The molecule has 3 nitrogen and oxygen atoms in total. The first kappa shape index (κ1) is 15.4. The molecule has 2 atom stereocenters. The van der Waals surface area contributed by atoms with E-state index in [1.807, 2.05) is 0 Å². The van der Waals surface area contributed by atoms with Crippen LogP contribution in [-0.4, -0.2) is 32.2 Å². The Kier molecular flexibility index (Phi) is 5.95. The summed E-state index contributed by atoms with van der Waals surface area (Å²) in [7, 11) is 3.33. The summed E-state index contributed by atoms with van der Waals surface area (Å²) < 4.78 is 15.9. The number of thiocarbonyl (C=S) groups is 1. The van der Waals surface area contributed by atoms with E-state index < -0.39 is 0 Å². The number of hydrogen-bond acceptors (Lipinski definition) is 4. The molecular formula is C16H22O3S. The fourth-order valence-electron chi connectivity index (χ4n) is 2.58. The van der Waals surface area contributed by atoms with Gasteiger partial charge in [-0.25, -0.2) is 0 Å². The van der Waals surface area contributed by atoms with Crippen LogP contribution in [-0.2, 0) is 20.6 Å². The van der Waals surface area contributed by atoms with Gasteiger partial charge in [-0.05, 0) is 42.1 Å². The molecule has 0 saturated carbocycles. The van der Waals surface area contributed by atoms with E-state index in [9.17, 15) is 0 Å². The molecule has 2 unspecified atom stereocenters. The van der Waals surface area contributed by atoms with Crippen LogP contribution in [0.1, 0.15) is 36.3 Å². The van der Waals surface area contributed by atoms with E-state index in [0.717, 1.165) is 32.3 Å². The molecule has 1 aliphatic rings. The predicted molar refractivity (Wildman–Crippen MR) is 83.1 cm³/mol. The van der Waals surface area contributed by atoms with Crippen LogP contribution in [0.2, 0.25) is 0 Å². The molecule has 1 aromatic carbocycles. The number of ether oxygens (including phenoxy) is 3. The van der Waals surface area contributed by atoms with Crippen molar-refractivity contribution in [2.45, 2.75) is 37.9 Å². The van der Waals surface area contributed by atoms with Crippen molar-refractivity contribution in [3.8, 4) is 0 Å². The van der Waals surface area contributed by atoms with Crippen LogP contribution in [0.3, 0.4) is 0 Å². The van der Waals surface area contributed by atoms with E-state index in [0.29, 0.717) is 11.0 Å². The summed E-state index contributed by atoms with van der Waals surface area (Å²) in [5.74, 6) is 0.517. The van der Waals surface area contributed by atoms with E-state index in [1.165, 1.54) is 11.1 Å². The fraction of sp³-hybridized carbons (Fsp3) is 0.562. The normalized spacial score (nSPS) is 22.5. The molecule has 4 heteroatoms. The largest absolute Gasteiger partial charge is 0.490 e. The maximum absolute atomic E-state index is 5.55. The number of aryl methyl sites for hydroxylation is 1. The highest BCUT2D eigenvalue weighted by atomic mass is 32.1. The van der Waals surface area contributed by atoms with E-state index in [1.54, 1.807) is 14.2 Å². The molecule has 0 amide bonds. The number of rotatable bonds is 5. The molecule has 1 aliphatic heterocycles. The van der Waals surface area contributed by atoms with Crippen molar-refractivity contribution in [3.63, 3.8) is 0 Å². The molecule has 110 valence electrons. The summed E-state index contributed by atoms with van der Waals surface area (Å²) in [6, 6.07) is 8.74. The fourth-order valence-corrected chi connectivity index (χ4v) is 2.68. The second-order valence-corrected chi connectivity index (χ2v) is 5.53. The molecular weight excluding hydrogens is 272 g/mol. The van der Waals surface area contributed by atoms with E-state index in [-0.39, 0.29) is 6.29 Å². The van der Waals surface area contributed by atoms with Crippen LogP contribution in [0.15, 0.2) is 24.3 Å². The molecule has 0 aromatic heterocycles. The Morgan fingerprint density at radius 3 is 3.00 bits per heavy atom. The van der Waals surface area contributed by atoms with Crippen molar-refractivity contribution in [2.75, 3.05) is 20.8 Å². The second kappa shape index (κ2) is 7.72. The van der Waals surface area contributed by atoms with Crippen LogP contribution in [0, 0.1) is 0 Å². The Labute approximate surface area is 126 Å². The summed E-state index contributed by atoms with van der Waals surface area (Å²) >= 11 is 5.09. The first-order valence-corrected chi connectivity index (χ1v) is 7.43. The molecule has 1 aromatic rings. The van der Waals surface area contributed by atoms with Gasteiger partial charge in [0.1, 0.15) is 0 Å². The quantitative estimate of drug-likeness (QED) is 0.777. The number of methoxy groups -OCH3 is 2. The molecule has 0 radical (unpaired) electrons. The van der Waals surface area contributed by atoms with Gasteiger partial charge in [-0.1, -0.05) is 24.3 Å². The summed E-state index contributed by atoms with van der Waals surface area (Å²) in [4.78, 5) is 0. The number of benzene rings is 1. The third-order valence-electron chi connectivity index (χ3n) is 3.78. The first-order chi connectivity index (χ1) is 9.72. The van der Waals surface area contributed by atoms with Gasteiger partial charge < -0.3 is 14.2 Å². The molecule has 0 N–H and O–H groups in total. The zero-order chi connectivity index (χ0) is 14.4. The lowest BCUT2D eigenvalue weighted by atomic mass is 9.89. The third kappa shape index (κ3) is 4.27. The van der Waals surface area contributed by atoms with Crippen LogP contribution >= 0.6 is 12.2 Å².